The van der Waals surface area contributed by atoms with Crippen LogP contribution in [0.3, 0.4) is 0 Å². The molecule has 0 bridgehead atoms. The van der Waals surface area contributed by atoms with Crippen LogP contribution < -0.4 is 9.47 Å². The lowest BCUT2D eigenvalue weighted by Gasteiger charge is -2.27. The van der Waals surface area contributed by atoms with Gasteiger partial charge in [0.15, 0.2) is 27.4 Å². The van der Waals surface area contributed by atoms with E-state index in [0.29, 0.717) is 23.5 Å². The number of carbonyl (C=O) groups excluding carboxylic acids is 1. The Labute approximate surface area is 141 Å². The van der Waals surface area contributed by atoms with Crippen molar-refractivity contribution in [3.05, 3.63) is 23.8 Å². The second-order valence-corrected chi connectivity index (χ2v) is 7.97. The third kappa shape index (κ3) is 3.97. The highest BCUT2D eigenvalue weighted by Crippen LogP contribution is 2.29. The molecule has 2 rings (SSSR count). The van der Waals surface area contributed by atoms with Gasteiger partial charge in [-0.2, -0.15) is 5.26 Å². The molecule has 0 spiro atoms. The molecule has 0 radical (unpaired) electrons. The summed E-state index contributed by atoms with van der Waals surface area (Å²) >= 11 is 0. The lowest BCUT2D eigenvalue weighted by atomic mass is 10.2. The molecule has 1 amide bonds. The predicted octanol–water partition coefficient (Wildman–Crippen LogP) is 0.980. The number of ether oxygens (including phenoxy) is 2. The lowest BCUT2D eigenvalue weighted by molar-refractivity contribution is -0.138. The SMILES string of the molecule is COc1cc(C#N)ccc1OC(C)C(=O)N(C)C1CCS(=O)(=O)C1. The van der Waals surface area contributed by atoms with Crippen LogP contribution in [0.1, 0.15) is 18.9 Å². The van der Waals surface area contributed by atoms with Crippen molar-refractivity contribution in [1.29, 1.82) is 5.26 Å². The normalized spacial score (nSPS) is 20.0. The molecule has 1 aromatic carbocycles. The lowest BCUT2D eigenvalue weighted by Crippen LogP contribution is -2.44. The van der Waals surface area contributed by atoms with E-state index >= 15 is 0 Å². The highest BCUT2D eigenvalue weighted by atomic mass is 32.2. The molecule has 2 atom stereocenters. The second-order valence-electron chi connectivity index (χ2n) is 5.74. The molecular weight excluding hydrogens is 332 g/mol. The summed E-state index contributed by atoms with van der Waals surface area (Å²) in [6.45, 7) is 1.60. The number of rotatable bonds is 5. The van der Waals surface area contributed by atoms with E-state index in [2.05, 4.69) is 0 Å². The van der Waals surface area contributed by atoms with Crippen molar-refractivity contribution in [2.75, 3.05) is 25.7 Å². The Morgan fingerprint density at radius 3 is 2.67 bits per heavy atom. The van der Waals surface area contributed by atoms with E-state index in [1.807, 2.05) is 6.07 Å². The number of sulfone groups is 1. The standard InChI is InChI=1S/C16H20N2O5S/c1-11(16(19)18(2)13-6-7-24(20,21)10-13)23-14-5-4-12(9-17)8-15(14)22-3/h4-5,8,11,13H,6-7,10H2,1-3H3. The van der Waals surface area contributed by atoms with Crippen molar-refractivity contribution in [3.63, 3.8) is 0 Å². The zero-order valence-corrected chi connectivity index (χ0v) is 14.7. The number of likely N-dealkylation sites (N-methyl/N-ethyl adjacent to an activating group) is 1. The fraction of sp³-hybridized carbons (Fsp3) is 0.500. The van der Waals surface area contributed by atoms with Gasteiger partial charge in [-0.3, -0.25) is 4.79 Å². The molecule has 1 fully saturated rings. The molecule has 8 heteroatoms. The van der Waals surface area contributed by atoms with Gasteiger partial charge < -0.3 is 14.4 Å². The highest BCUT2D eigenvalue weighted by molar-refractivity contribution is 7.91. The molecular formula is C16H20N2O5S. The van der Waals surface area contributed by atoms with Gasteiger partial charge in [0, 0.05) is 19.2 Å². The molecule has 1 aliphatic heterocycles. The van der Waals surface area contributed by atoms with E-state index in [1.54, 1.807) is 26.1 Å². The van der Waals surface area contributed by atoms with E-state index in [4.69, 9.17) is 14.7 Å². The van der Waals surface area contributed by atoms with Crippen LogP contribution in [0, 0.1) is 11.3 Å². The molecule has 7 nitrogen and oxygen atoms in total. The minimum atomic E-state index is -3.06. The molecule has 2 unspecified atom stereocenters. The van der Waals surface area contributed by atoms with Gasteiger partial charge in [-0.05, 0) is 25.5 Å². The summed E-state index contributed by atoms with van der Waals surface area (Å²) in [5.41, 5.74) is 0.423. The van der Waals surface area contributed by atoms with Gasteiger partial charge in [-0.1, -0.05) is 0 Å². The third-order valence-electron chi connectivity index (χ3n) is 4.05. The van der Waals surface area contributed by atoms with Crippen molar-refractivity contribution < 1.29 is 22.7 Å². The number of hydrogen-bond acceptors (Lipinski definition) is 6. The van der Waals surface area contributed by atoms with Crippen LogP contribution in [-0.2, 0) is 14.6 Å². The van der Waals surface area contributed by atoms with Crippen molar-refractivity contribution >= 4 is 15.7 Å². The van der Waals surface area contributed by atoms with Crippen molar-refractivity contribution in [2.24, 2.45) is 0 Å². The molecule has 1 heterocycles. The van der Waals surface area contributed by atoms with Crippen molar-refractivity contribution in [1.82, 2.24) is 4.90 Å². The summed E-state index contributed by atoms with van der Waals surface area (Å²) in [7, 11) is -0.0255. The van der Waals surface area contributed by atoms with Gasteiger partial charge in [0.2, 0.25) is 0 Å². The summed E-state index contributed by atoms with van der Waals surface area (Å²) in [6.07, 6.45) is -0.363. The van der Waals surface area contributed by atoms with Crippen LogP contribution >= 0.6 is 0 Å². The van der Waals surface area contributed by atoms with Crippen LogP contribution in [-0.4, -0.2) is 57.0 Å². The number of carbonyl (C=O) groups is 1. The highest BCUT2D eigenvalue weighted by Gasteiger charge is 2.34. The summed E-state index contributed by atoms with van der Waals surface area (Å²) in [6, 6.07) is 6.35. The molecule has 24 heavy (non-hydrogen) atoms. The zero-order chi connectivity index (χ0) is 17.9. The maximum absolute atomic E-state index is 12.5. The van der Waals surface area contributed by atoms with Crippen LogP contribution in [0.25, 0.3) is 0 Å². The quantitative estimate of drug-likeness (QED) is 0.784. The molecule has 1 aromatic rings. The Morgan fingerprint density at radius 2 is 2.12 bits per heavy atom. The molecule has 1 saturated heterocycles. The number of hydrogen-bond donors (Lipinski definition) is 0. The average molecular weight is 352 g/mol. The maximum Gasteiger partial charge on any atom is 0.263 e. The fourth-order valence-electron chi connectivity index (χ4n) is 2.62. The van der Waals surface area contributed by atoms with E-state index in [0.717, 1.165) is 0 Å². The van der Waals surface area contributed by atoms with Gasteiger partial charge in [0.05, 0.1) is 30.2 Å². The number of methoxy groups -OCH3 is 1. The Balaban J connectivity index is 2.08. The van der Waals surface area contributed by atoms with E-state index in [1.165, 1.54) is 18.1 Å². The minimum Gasteiger partial charge on any atom is -0.493 e. The Hall–Kier alpha value is -2.27. The first-order chi connectivity index (χ1) is 11.3. The first-order valence-electron chi connectivity index (χ1n) is 7.49. The van der Waals surface area contributed by atoms with Crippen LogP contribution in [0.4, 0.5) is 0 Å². The zero-order valence-electron chi connectivity index (χ0n) is 13.9. The van der Waals surface area contributed by atoms with E-state index in [-0.39, 0.29) is 23.5 Å². The third-order valence-corrected chi connectivity index (χ3v) is 5.80. The minimum absolute atomic E-state index is 0.0118. The van der Waals surface area contributed by atoms with Crippen molar-refractivity contribution in [3.8, 4) is 17.6 Å². The largest absolute Gasteiger partial charge is 0.493 e. The predicted molar refractivity (Wildman–Crippen MR) is 87.6 cm³/mol. The summed E-state index contributed by atoms with van der Waals surface area (Å²) in [5, 5.41) is 8.90. The smallest absolute Gasteiger partial charge is 0.263 e. The first kappa shape index (κ1) is 18.1. The van der Waals surface area contributed by atoms with Gasteiger partial charge in [0.1, 0.15) is 0 Å². The van der Waals surface area contributed by atoms with Gasteiger partial charge >= 0.3 is 0 Å². The summed E-state index contributed by atoms with van der Waals surface area (Å²) in [4.78, 5) is 13.9. The topological polar surface area (TPSA) is 96.7 Å². The Morgan fingerprint density at radius 1 is 1.42 bits per heavy atom. The van der Waals surface area contributed by atoms with E-state index < -0.39 is 15.9 Å². The Kier molecular flexibility index (Phi) is 5.34. The number of amides is 1. The van der Waals surface area contributed by atoms with Gasteiger partial charge in [-0.15, -0.1) is 0 Å². The number of benzene rings is 1. The van der Waals surface area contributed by atoms with Crippen LogP contribution in [0.15, 0.2) is 18.2 Å². The van der Waals surface area contributed by atoms with Crippen LogP contribution in [0.2, 0.25) is 0 Å². The second kappa shape index (κ2) is 7.09. The fourth-order valence-corrected chi connectivity index (χ4v) is 4.40. The summed E-state index contributed by atoms with van der Waals surface area (Å²) < 4.78 is 34.0. The van der Waals surface area contributed by atoms with Crippen molar-refractivity contribution in [2.45, 2.75) is 25.5 Å². The number of nitrogens with zero attached hydrogens (tertiary/aromatic N) is 2. The molecule has 0 aromatic heterocycles. The average Bonchev–Trinajstić information content (AvgIpc) is 2.93. The molecule has 1 aliphatic rings. The monoisotopic (exact) mass is 352 g/mol. The van der Waals surface area contributed by atoms with E-state index in [9.17, 15) is 13.2 Å². The first-order valence-corrected chi connectivity index (χ1v) is 9.31. The molecule has 130 valence electrons. The van der Waals surface area contributed by atoms with Crippen LogP contribution in [0.5, 0.6) is 11.5 Å². The van der Waals surface area contributed by atoms with Gasteiger partial charge in [-0.25, -0.2) is 8.42 Å². The molecule has 0 N–H and O–H groups in total. The van der Waals surface area contributed by atoms with Gasteiger partial charge in [0.25, 0.3) is 5.91 Å². The Bertz CT molecular complexity index is 769. The maximum atomic E-state index is 12.5. The number of nitriles is 1. The molecule has 0 aliphatic carbocycles. The molecule has 0 saturated carbocycles. The summed E-state index contributed by atoms with van der Waals surface area (Å²) in [5.74, 6) is 0.504.